The molecule has 0 unspecified atom stereocenters. The molecule has 2 aliphatic heterocycles. The Hall–Kier alpha value is -2.70. The maximum absolute atomic E-state index is 13.1. The van der Waals surface area contributed by atoms with Crippen molar-refractivity contribution in [3.63, 3.8) is 0 Å². The number of pyridine rings is 1. The van der Waals surface area contributed by atoms with E-state index in [9.17, 15) is 9.59 Å². The fraction of sp³-hybridized carbons (Fsp3) is 0.583. The average molecular weight is 424 g/mol. The molecule has 166 valence electrons. The van der Waals surface area contributed by atoms with Crippen molar-refractivity contribution in [3.8, 4) is 0 Å². The molecule has 1 N–H and O–H groups in total. The van der Waals surface area contributed by atoms with Crippen LogP contribution in [0.1, 0.15) is 79.0 Å². The summed E-state index contributed by atoms with van der Waals surface area (Å²) in [4.78, 5) is 34.2. The Labute approximate surface area is 184 Å². The molecule has 0 saturated carbocycles. The summed E-state index contributed by atoms with van der Waals surface area (Å²) >= 11 is 0. The molecular weight excluding hydrogens is 390 g/mol. The number of likely N-dealkylation sites (tertiary alicyclic amines) is 2. The van der Waals surface area contributed by atoms with E-state index in [2.05, 4.69) is 15.2 Å². The van der Waals surface area contributed by atoms with E-state index in [1.54, 1.807) is 12.4 Å². The Morgan fingerprint density at radius 3 is 2.61 bits per heavy atom. The average Bonchev–Trinajstić information content (AvgIpc) is 3.14. The lowest BCUT2D eigenvalue weighted by Crippen LogP contribution is -2.40. The second kappa shape index (κ2) is 10.6. The van der Waals surface area contributed by atoms with Gasteiger partial charge in [-0.2, -0.15) is 5.10 Å². The van der Waals surface area contributed by atoms with Crippen molar-refractivity contribution in [1.82, 2.24) is 25.0 Å². The van der Waals surface area contributed by atoms with Gasteiger partial charge in [0.25, 0.3) is 5.91 Å². The van der Waals surface area contributed by atoms with Gasteiger partial charge in [0.15, 0.2) is 0 Å². The van der Waals surface area contributed by atoms with Crippen LogP contribution in [0.3, 0.4) is 0 Å². The van der Waals surface area contributed by atoms with E-state index in [-0.39, 0.29) is 17.7 Å². The van der Waals surface area contributed by atoms with Gasteiger partial charge in [-0.1, -0.05) is 18.9 Å². The van der Waals surface area contributed by atoms with Crippen LogP contribution in [-0.2, 0) is 11.2 Å². The summed E-state index contributed by atoms with van der Waals surface area (Å²) in [5, 5.41) is 7.30. The van der Waals surface area contributed by atoms with Crippen LogP contribution in [0.2, 0.25) is 0 Å². The summed E-state index contributed by atoms with van der Waals surface area (Å²) in [5.74, 6) is 0.423. The highest BCUT2D eigenvalue weighted by Crippen LogP contribution is 2.29. The highest BCUT2D eigenvalue weighted by molar-refractivity contribution is 5.95. The fourth-order valence-corrected chi connectivity index (χ4v) is 4.79. The van der Waals surface area contributed by atoms with Crippen molar-refractivity contribution >= 4 is 11.8 Å². The van der Waals surface area contributed by atoms with Crippen molar-refractivity contribution in [2.45, 2.75) is 63.7 Å². The number of aromatic nitrogens is 3. The van der Waals surface area contributed by atoms with Crippen molar-refractivity contribution in [2.24, 2.45) is 0 Å². The summed E-state index contributed by atoms with van der Waals surface area (Å²) in [6.07, 6.45) is 12.1. The third-order valence-electron chi connectivity index (χ3n) is 6.52. The molecule has 4 heterocycles. The van der Waals surface area contributed by atoms with E-state index < -0.39 is 0 Å². The highest BCUT2D eigenvalue weighted by Gasteiger charge is 2.30. The number of nitrogens with zero attached hydrogens (tertiary/aromatic N) is 4. The SMILES string of the molecule is O=C(CCCc1ccccn1)N1CCC[C@H](c2[nH]ncc2C(=O)N2CCCCCC2)C1. The zero-order valence-electron chi connectivity index (χ0n) is 18.3. The summed E-state index contributed by atoms with van der Waals surface area (Å²) < 4.78 is 0. The maximum atomic E-state index is 13.1. The molecule has 2 amide bonds. The minimum atomic E-state index is 0.0875. The van der Waals surface area contributed by atoms with Crippen molar-refractivity contribution < 1.29 is 9.59 Å². The zero-order chi connectivity index (χ0) is 21.5. The maximum Gasteiger partial charge on any atom is 0.257 e. The second-order valence-electron chi connectivity index (χ2n) is 8.76. The van der Waals surface area contributed by atoms with Crippen molar-refractivity contribution in [2.75, 3.05) is 26.2 Å². The Kier molecular flexibility index (Phi) is 7.33. The second-order valence-corrected chi connectivity index (χ2v) is 8.76. The van der Waals surface area contributed by atoms with Crippen molar-refractivity contribution in [1.29, 1.82) is 0 Å². The summed E-state index contributed by atoms with van der Waals surface area (Å²) in [6, 6.07) is 5.89. The number of carbonyl (C=O) groups is 2. The van der Waals surface area contributed by atoms with Crippen molar-refractivity contribution in [3.05, 3.63) is 47.5 Å². The molecule has 2 aromatic rings. The van der Waals surface area contributed by atoms with Gasteiger partial charge in [-0.3, -0.25) is 19.7 Å². The first-order chi connectivity index (χ1) is 15.2. The van der Waals surface area contributed by atoms with Gasteiger partial charge in [-0.25, -0.2) is 0 Å². The van der Waals surface area contributed by atoms with Gasteiger partial charge in [0.1, 0.15) is 0 Å². The van der Waals surface area contributed by atoms with Gasteiger partial charge in [0, 0.05) is 50.4 Å². The smallest absolute Gasteiger partial charge is 0.257 e. The van der Waals surface area contributed by atoms with E-state index in [4.69, 9.17) is 0 Å². The highest BCUT2D eigenvalue weighted by atomic mass is 16.2. The molecule has 0 aliphatic carbocycles. The van der Waals surface area contributed by atoms with Crippen LogP contribution >= 0.6 is 0 Å². The Morgan fingerprint density at radius 2 is 1.84 bits per heavy atom. The molecule has 2 aromatic heterocycles. The van der Waals surface area contributed by atoms with Gasteiger partial charge >= 0.3 is 0 Å². The lowest BCUT2D eigenvalue weighted by Gasteiger charge is -2.33. The molecule has 31 heavy (non-hydrogen) atoms. The molecule has 0 spiro atoms. The molecule has 2 fully saturated rings. The number of piperidine rings is 1. The standard InChI is InChI=1S/C24H33N5O2/c30-22(12-7-11-20-10-3-4-13-25-20)29-16-8-9-19(18-29)23-21(17-26-27-23)24(31)28-14-5-1-2-6-15-28/h3-4,10,13,17,19H,1-2,5-9,11-12,14-16,18H2,(H,26,27)/t19-/m0/s1. The normalized spacial score (nSPS) is 19.8. The molecule has 0 bridgehead atoms. The Balaban J connectivity index is 1.35. The van der Waals surface area contributed by atoms with Crippen LogP contribution in [0.4, 0.5) is 0 Å². The molecule has 0 aromatic carbocycles. The van der Waals surface area contributed by atoms with Crippen LogP contribution in [0, 0.1) is 0 Å². The number of hydrogen-bond donors (Lipinski definition) is 1. The monoisotopic (exact) mass is 423 g/mol. The van der Waals surface area contributed by atoms with E-state index >= 15 is 0 Å². The van der Waals surface area contributed by atoms with Crippen LogP contribution in [-0.4, -0.2) is 63.0 Å². The number of nitrogens with one attached hydrogen (secondary N) is 1. The predicted octanol–water partition coefficient (Wildman–Crippen LogP) is 3.55. The van der Waals surface area contributed by atoms with Gasteiger partial charge in [-0.15, -0.1) is 0 Å². The molecule has 1 atom stereocenters. The largest absolute Gasteiger partial charge is 0.342 e. The molecule has 7 heteroatoms. The fourth-order valence-electron chi connectivity index (χ4n) is 4.79. The first-order valence-corrected chi connectivity index (χ1v) is 11.7. The van der Waals surface area contributed by atoms with Gasteiger partial charge in [0.2, 0.25) is 5.91 Å². The molecule has 2 saturated heterocycles. The third-order valence-corrected chi connectivity index (χ3v) is 6.52. The Morgan fingerprint density at radius 1 is 1.03 bits per heavy atom. The van der Waals surface area contributed by atoms with Gasteiger partial charge in [-0.05, 0) is 50.7 Å². The number of aryl methyl sites for hydroxylation is 1. The minimum absolute atomic E-state index is 0.0875. The summed E-state index contributed by atoms with van der Waals surface area (Å²) in [5.41, 5.74) is 2.62. The van der Waals surface area contributed by atoms with E-state index in [1.807, 2.05) is 28.0 Å². The number of amides is 2. The zero-order valence-corrected chi connectivity index (χ0v) is 18.3. The van der Waals surface area contributed by atoms with E-state index in [0.29, 0.717) is 18.5 Å². The van der Waals surface area contributed by atoms with Crippen LogP contribution in [0.25, 0.3) is 0 Å². The molecule has 4 rings (SSSR count). The van der Waals surface area contributed by atoms with Gasteiger partial charge in [0.05, 0.1) is 17.5 Å². The molecule has 7 nitrogen and oxygen atoms in total. The van der Waals surface area contributed by atoms with Crippen LogP contribution in [0.15, 0.2) is 30.6 Å². The number of hydrogen-bond acceptors (Lipinski definition) is 4. The topological polar surface area (TPSA) is 82.2 Å². The quantitative estimate of drug-likeness (QED) is 0.770. The third kappa shape index (κ3) is 5.51. The molecular formula is C24H33N5O2. The lowest BCUT2D eigenvalue weighted by molar-refractivity contribution is -0.132. The van der Waals surface area contributed by atoms with Crippen LogP contribution in [0.5, 0.6) is 0 Å². The minimum Gasteiger partial charge on any atom is -0.342 e. The van der Waals surface area contributed by atoms with E-state index in [0.717, 1.165) is 69.5 Å². The molecule has 2 aliphatic rings. The number of carbonyl (C=O) groups excluding carboxylic acids is 2. The number of H-pyrrole nitrogens is 1. The number of rotatable bonds is 6. The number of aromatic amines is 1. The van der Waals surface area contributed by atoms with Crippen LogP contribution < -0.4 is 0 Å². The first kappa shape index (κ1) is 21.5. The van der Waals surface area contributed by atoms with Gasteiger partial charge < -0.3 is 9.80 Å². The summed E-state index contributed by atoms with van der Waals surface area (Å²) in [6.45, 7) is 3.11. The summed E-state index contributed by atoms with van der Waals surface area (Å²) in [7, 11) is 0. The predicted molar refractivity (Wildman–Crippen MR) is 119 cm³/mol. The lowest BCUT2D eigenvalue weighted by atomic mass is 9.92. The molecule has 0 radical (unpaired) electrons. The first-order valence-electron chi connectivity index (χ1n) is 11.7. The Bertz CT molecular complexity index is 858. The van der Waals surface area contributed by atoms with E-state index in [1.165, 1.54) is 12.8 Å².